The third-order valence-electron chi connectivity index (χ3n) is 4.99. The molecule has 0 aliphatic heterocycles. The second kappa shape index (κ2) is 7.08. The Bertz CT molecular complexity index is 1390. The van der Waals surface area contributed by atoms with Crippen LogP contribution in [-0.4, -0.2) is 25.4 Å². The summed E-state index contributed by atoms with van der Waals surface area (Å²) in [5.74, 6) is -0.944. The number of halogens is 3. The number of aromatic amines is 1. The van der Waals surface area contributed by atoms with E-state index in [1.807, 2.05) is 19.9 Å². The maximum atomic E-state index is 12.9. The Balaban J connectivity index is 1.97. The molecule has 0 unspecified atom stereocenters. The van der Waals surface area contributed by atoms with Gasteiger partial charge >= 0.3 is 11.9 Å². The van der Waals surface area contributed by atoms with Crippen LogP contribution >= 0.6 is 0 Å². The Hall–Kier alpha value is -3.95. The van der Waals surface area contributed by atoms with Gasteiger partial charge in [0, 0.05) is 5.56 Å². The Morgan fingerprint density at radius 1 is 1.03 bits per heavy atom. The number of amides is 1. The number of imidazole rings is 1. The number of rotatable bonds is 3. The van der Waals surface area contributed by atoms with Crippen molar-refractivity contribution in [3.8, 4) is 17.1 Å². The molecule has 0 saturated heterocycles. The monoisotopic (exact) mass is 427 g/mol. The molecule has 4 rings (SSSR count). The molecule has 10 heteroatoms. The van der Waals surface area contributed by atoms with Crippen LogP contribution in [0.15, 0.2) is 47.3 Å². The molecular formula is C21H16F3N5O2. The van der Waals surface area contributed by atoms with E-state index in [1.54, 1.807) is 12.1 Å². The summed E-state index contributed by atoms with van der Waals surface area (Å²) in [7, 11) is 0. The first-order valence-corrected chi connectivity index (χ1v) is 9.14. The van der Waals surface area contributed by atoms with Crippen molar-refractivity contribution in [2.24, 2.45) is 5.73 Å². The molecule has 0 fully saturated rings. The Labute approximate surface area is 173 Å². The Morgan fingerprint density at radius 2 is 1.71 bits per heavy atom. The van der Waals surface area contributed by atoms with Crippen LogP contribution in [0.5, 0.6) is 0 Å². The summed E-state index contributed by atoms with van der Waals surface area (Å²) < 4.78 is 39.9. The van der Waals surface area contributed by atoms with Gasteiger partial charge in [0.15, 0.2) is 17.2 Å². The summed E-state index contributed by atoms with van der Waals surface area (Å²) in [5, 5.41) is 0. The molecule has 158 valence electrons. The Morgan fingerprint density at radius 3 is 2.29 bits per heavy atom. The van der Waals surface area contributed by atoms with Crippen LogP contribution in [0.1, 0.15) is 27.2 Å². The zero-order valence-corrected chi connectivity index (χ0v) is 16.4. The molecule has 7 nitrogen and oxygen atoms in total. The van der Waals surface area contributed by atoms with Crippen molar-refractivity contribution in [2.45, 2.75) is 20.0 Å². The zero-order chi connectivity index (χ0) is 22.5. The molecule has 0 atom stereocenters. The first-order valence-electron chi connectivity index (χ1n) is 9.14. The molecule has 0 saturated carbocycles. The number of nitrogens with zero attached hydrogens (tertiary/aromatic N) is 3. The van der Waals surface area contributed by atoms with E-state index < -0.39 is 23.3 Å². The van der Waals surface area contributed by atoms with Gasteiger partial charge in [-0.25, -0.2) is 19.3 Å². The molecule has 0 aliphatic carbocycles. The summed E-state index contributed by atoms with van der Waals surface area (Å²) >= 11 is 0. The predicted octanol–water partition coefficient (Wildman–Crippen LogP) is 3.51. The molecule has 31 heavy (non-hydrogen) atoms. The molecule has 0 aliphatic rings. The summed E-state index contributed by atoms with van der Waals surface area (Å²) in [5.41, 5.74) is 6.65. The number of carbonyl (C=O) groups is 1. The van der Waals surface area contributed by atoms with Crippen LogP contribution in [0.4, 0.5) is 13.2 Å². The number of fused-ring (bicyclic) bond motifs is 1. The molecule has 0 spiro atoms. The smallest absolute Gasteiger partial charge is 0.364 e. The van der Waals surface area contributed by atoms with Crippen molar-refractivity contribution in [1.29, 1.82) is 0 Å². The number of aromatic nitrogens is 4. The van der Waals surface area contributed by atoms with E-state index in [1.165, 1.54) is 16.7 Å². The second-order valence-corrected chi connectivity index (χ2v) is 7.07. The van der Waals surface area contributed by atoms with Gasteiger partial charge in [0.25, 0.3) is 5.91 Å². The number of aryl methyl sites for hydroxylation is 2. The number of hydrogen-bond acceptors (Lipinski definition) is 4. The number of hydrogen-bond donors (Lipinski definition) is 2. The summed E-state index contributed by atoms with van der Waals surface area (Å²) in [4.78, 5) is 35.7. The van der Waals surface area contributed by atoms with Crippen LogP contribution < -0.4 is 11.4 Å². The van der Waals surface area contributed by atoms with Crippen molar-refractivity contribution in [3.63, 3.8) is 0 Å². The van der Waals surface area contributed by atoms with Gasteiger partial charge in [-0.2, -0.15) is 13.2 Å². The van der Waals surface area contributed by atoms with Gasteiger partial charge in [-0.05, 0) is 49.2 Å². The predicted molar refractivity (Wildman–Crippen MR) is 108 cm³/mol. The van der Waals surface area contributed by atoms with Gasteiger partial charge in [0.05, 0.1) is 11.3 Å². The molecule has 1 amide bonds. The number of nitrogens with two attached hydrogens (primary N) is 1. The number of carbonyl (C=O) groups excluding carboxylic acids is 1. The molecule has 3 N–H and O–H groups in total. The highest BCUT2D eigenvalue weighted by atomic mass is 19.4. The minimum Gasteiger partial charge on any atom is -0.364 e. The van der Waals surface area contributed by atoms with Crippen LogP contribution in [0.2, 0.25) is 0 Å². The molecular weight excluding hydrogens is 411 g/mol. The average Bonchev–Trinajstić information content (AvgIpc) is 3.04. The molecule has 4 aromatic rings. The van der Waals surface area contributed by atoms with Gasteiger partial charge in [-0.15, -0.1) is 0 Å². The molecule has 2 aromatic carbocycles. The third kappa shape index (κ3) is 3.56. The van der Waals surface area contributed by atoms with E-state index in [0.717, 1.165) is 23.3 Å². The number of benzene rings is 2. The first-order chi connectivity index (χ1) is 14.6. The minimum absolute atomic E-state index is 0.0355. The number of alkyl halides is 3. The second-order valence-electron chi connectivity index (χ2n) is 7.07. The van der Waals surface area contributed by atoms with Crippen LogP contribution in [0.25, 0.3) is 28.2 Å². The lowest BCUT2D eigenvalue weighted by atomic mass is 10.1. The average molecular weight is 427 g/mol. The van der Waals surface area contributed by atoms with Gasteiger partial charge < -0.3 is 10.7 Å². The van der Waals surface area contributed by atoms with Crippen LogP contribution in [0, 0.1) is 13.8 Å². The zero-order valence-electron chi connectivity index (χ0n) is 16.4. The summed E-state index contributed by atoms with van der Waals surface area (Å²) in [6.45, 7) is 3.81. The topological polar surface area (TPSA) is 107 Å². The van der Waals surface area contributed by atoms with E-state index in [2.05, 4.69) is 15.0 Å². The third-order valence-corrected chi connectivity index (χ3v) is 4.99. The fraction of sp³-hybridized carbons (Fsp3) is 0.143. The normalized spacial score (nSPS) is 11.8. The number of H-pyrrole nitrogens is 1. The van der Waals surface area contributed by atoms with Gasteiger partial charge in [0.1, 0.15) is 5.52 Å². The molecule has 2 aromatic heterocycles. The van der Waals surface area contributed by atoms with Gasteiger partial charge in [-0.1, -0.05) is 18.2 Å². The highest BCUT2D eigenvalue weighted by molar-refractivity contribution is 6.02. The van der Waals surface area contributed by atoms with E-state index in [0.29, 0.717) is 5.69 Å². The summed E-state index contributed by atoms with van der Waals surface area (Å²) in [6.07, 6.45) is -4.49. The lowest BCUT2D eigenvalue weighted by Crippen LogP contribution is -2.15. The van der Waals surface area contributed by atoms with Crippen molar-refractivity contribution >= 4 is 17.1 Å². The van der Waals surface area contributed by atoms with Gasteiger partial charge in [0.2, 0.25) is 0 Å². The largest absolute Gasteiger partial charge is 0.416 e. The van der Waals surface area contributed by atoms with E-state index in [4.69, 9.17) is 5.73 Å². The Kier molecular flexibility index (Phi) is 4.64. The minimum atomic E-state index is -4.49. The number of primary amides is 1. The van der Waals surface area contributed by atoms with Crippen molar-refractivity contribution in [1.82, 2.24) is 19.5 Å². The maximum absolute atomic E-state index is 12.9. The standard InChI is InChI=1S/C21H16F3N5O2/c1-10-3-8-14(9-11(10)2)29-19-16(27-20(29)31)15(17(25)30)26-18(28-19)12-4-6-13(7-5-12)21(22,23)24/h3-9H,1-2H3,(H2,25,30)(H,27,31). The lowest BCUT2D eigenvalue weighted by molar-refractivity contribution is -0.137. The highest BCUT2D eigenvalue weighted by Crippen LogP contribution is 2.31. The number of nitrogens with one attached hydrogen (secondary N) is 1. The SMILES string of the molecule is Cc1ccc(-n2c(=O)[nH]c3c(C(N)=O)nc(-c4ccc(C(F)(F)F)cc4)nc32)cc1C. The fourth-order valence-corrected chi connectivity index (χ4v) is 3.20. The van der Waals surface area contributed by atoms with Crippen molar-refractivity contribution < 1.29 is 18.0 Å². The van der Waals surface area contributed by atoms with E-state index in [-0.39, 0.29) is 28.2 Å². The van der Waals surface area contributed by atoms with E-state index >= 15 is 0 Å². The molecule has 0 bridgehead atoms. The van der Waals surface area contributed by atoms with Crippen molar-refractivity contribution in [2.75, 3.05) is 0 Å². The molecule has 0 radical (unpaired) electrons. The van der Waals surface area contributed by atoms with Crippen LogP contribution in [0.3, 0.4) is 0 Å². The lowest BCUT2D eigenvalue weighted by Gasteiger charge is -2.09. The van der Waals surface area contributed by atoms with Crippen LogP contribution in [-0.2, 0) is 6.18 Å². The maximum Gasteiger partial charge on any atom is 0.416 e. The van der Waals surface area contributed by atoms with E-state index in [9.17, 15) is 22.8 Å². The first kappa shape index (κ1) is 20.3. The van der Waals surface area contributed by atoms with Gasteiger partial charge in [-0.3, -0.25) is 4.79 Å². The summed E-state index contributed by atoms with van der Waals surface area (Å²) in [6, 6.07) is 9.51. The fourth-order valence-electron chi connectivity index (χ4n) is 3.20. The molecule has 2 heterocycles. The quantitative estimate of drug-likeness (QED) is 0.522. The highest BCUT2D eigenvalue weighted by Gasteiger charge is 2.30. The van der Waals surface area contributed by atoms with Crippen molar-refractivity contribution in [3.05, 3.63) is 75.3 Å².